The Balaban J connectivity index is 2.91. The second-order valence-electron chi connectivity index (χ2n) is 4.28. The zero-order chi connectivity index (χ0) is 13.3. The van der Waals surface area contributed by atoms with E-state index in [4.69, 9.17) is 4.42 Å². The first-order valence-electron chi connectivity index (χ1n) is 5.98. The summed E-state index contributed by atoms with van der Waals surface area (Å²) in [5.41, 5.74) is 2.38. The van der Waals surface area contributed by atoms with E-state index >= 15 is 0 Å². The number of hydrogen-bond acceptors (Lipinski definition) is 3. The number of hydrogen-bond donors (Lipinski definition) is 1. The van der Waals surface area contributed by atoms with Crippen molar-refractivity contribution < 1.29 is 9.52 Å². The topological polar surface area (TPSA) is 50.4 Å². The van der Waals surface area contributed by atoms with Crippen LogP contribution in [-0.4, -0.2) is 5.11 Å². The molecule has 0 unspecified atom stereocenters. The van der Waals surface area contributed by atoms with Crippen LogP contribution in [0, 0.1) is 6.92 Å². The predicted octanol–water partition coefficient (Wildman–Crippen LogP) is 3.10. The van der Waals surface area contributed by atoms with Crippen LogP contribution in [0.15, 0.2) is 34.0 Å². The lowest BCUT2D eigenvalue weighted by atomic mass is 10.00. The molecule has 3 heteroatoms. The van der Waals surface area contributed by atoms with Crippen LogP contribution >= 0.6 is 0 Å². The summed E-state index contributed by atoms with van der Waals surface area (Å²) in [6, 6.07) is 3.42. The van der Waals surface area contributed by atoms with Crippen LogP contribution in [0.25, 0.3) is 11.0 Å². The van der Waals surface area contributed by atoms with E-state index in [0.717, 1.165) is 10.9 Å². The van der Waals surface area contributed by atoms with Gasteiger partial charge in [-0.2, -0.15) is 0 Å². The van der Waals surface area contributed by atoms with Gasteiger partial charge in [-0.3, -0.25) is 0 Å². The maximum atomic E-state index is 11.9. The monoisotopic (exact) mass is 244 g/mol. The summed E-state index contributed by atoms with van der Waals surface area (Å²) in [6.45, 7) is 7.49. The Morgan fingerprint density at radius 1 is 1.39 bits per heavy atom. The molecule has 1 aromatic heterocycles. The Labute approximate surface area is 105 Å². The van der Waals surface area contributed by atoms with E-state index in [0.29, 0.717) is 29.6 Å². The van der Waals surface area contributed by atoms with Gasteiger partial charge in [0.2, 0.25) is 0 Å². The van der Waals surface area contributed by atoms with E-state index in [2.05, 4.69) is 6.58 Å². The molecule has 2 rings (SSSR count). The Morgan fingerprint density at radius 3 is 2.72 bits per heavy atom. The molecule has 18 heavy (non-hydrogen) atoms. The molecule has 2 aromatic rings. The molecule has 1 heterocycles. The number of phenolic OH excluding ortho intramolecular Hbond substituents is 1. The summed E-state index contributed by atoms with van der Waals surface area (Å²) in [4.78, 5) is 11.9. The molecule has 1 aromatic carbocycles. The summed E-state index contributed by atoms with van der Waals surface area (Å²) in [5, 5.41) is 10.7. The molecule has 0 bridgehead atoms. The van der Waals surface area contributed by atoms with Crippen molar-refractivity contribution in [2.24, 2.45) is 0 Å². The maximum absolute atomic E-state index is 11.9. The van der Waals surface area contributed by atoms with Gasteiger partial charge in [0.15, 0.2) is 0 Å². The maximum Gasteiger partial charge on any atom is 0.339 e. The first kappa shape index (κ1) is 12.4. The number of rotatable bonds is 3. The van der Waals surface area contributed by atoms with E-state index in [-0.39, 0.29) is 11.4 Å². The van der Waals surface area contributed by atoms with Gasteiger partial charge in [0.1, 0.15) is 11.3 Å². The number of aromatic hydroxyl groups is 1. The lowest BCUT2D eigenvalue weighted by Crippen LogP contribution is -2.09. The average molecular weight is 244 g/mol. The number of allylic oxidation sites excluding steroid dienone is 1. The number of phenols is 1. The molecular formula is C15H16O3. The number of fused-ring (bicyclic) bond motifs is 1. The quantitative estimate of drug-likeness (QED) is 0.666. The molecule has 0 radical (unpaired) electrons. The Morgan fingerprint density at radius 2 is 2.11 bits per heavy atom. The zero-order valence-corrected chi connectivity index (χ0v) is 10.6. The Hall–Kier alpha value is -2.03. The smallest absolute Gasteiger partial charge is 0.339 e. The highest BCUT2D eigenvalue weighted by Crippen LogP contribution is 2.29. The lowest BCUT2D eigenvalue weighted by Gasteiger charge is -2.10. The SMILES string of the molecule is C=CCc1c(O)ccc2c(C)c(CC)c(=O)oc12. The van der Waals surface area contributed by atoms with E-state index in [9.17, 15) is 9.90 Å². The standard InChI is InChI=1S/C15H16O3/c1-4-6-12-13(16)8-7-11-9(3)10(5-2)15(17)18-14(11)12/h4,7-8,16H,1,5-6H2,2-3H3. The van der Waals surface area contributed by atoms with Crippen LogP contribution in [0.3, 0.4) is 0 Å². The van der Waals surface area contributed by atoms with Crippen molar-refractivity contribution in [2.45, 2.75) is 26.7 Å². The fourth-order valence-electron chi connectivity index (χ4n) is 2.25. The van der Waals surface area contributed by atoms with Crippen LogP contribution in [0.4, 0.5) is 0 Å². The Bertz CT molecular complexity index is 665. The van der Waals surface area contributed by atoms with Gasteiger partial charge in [-0.15, -0.1) is 6.58 Å². The van der Waals surface area contributed by atoms with Crippen LogP contribution in [0.5, 0.6) is 5.75 Å². The summed E-state index contributed by atoms with van der Waals surface area (Å²) < 4.78 is 5.37. The lowest BCUT2D eigenvalue weighted by molar-refractivity contribution is 0.466. The third kappa shape index (κ3) is 1.82. The number of benzene rings is 1. The van der Waals surface area contributed by atoms with Crippen LogP contribution in [0.2, 0.25) is 0 Å². The molecular weight excluding hydrogens is 228 g/mol. The molecule has 0 aliphatic rings. The van der Waals surface area contributed by atoms with E-state index in [1.54, 1.807) is 18.2 Å². The molecule has 0 saturated carbocycles. The van der Waals surface area contributed by atoms with Crippen molar-refractivity contribution in [2.75, 3.05) is 0 Å². The first-order valence-corrected chi connectivity index (χ1v) is 5.98. The summed E-state index contributed by atoms with van der Waals surface area (Å²) in [5.74, 6) is 0.134. The molecule has 0 atom stereocenters. The summed E-state index contributed by atoms with van der Waals surface area (Å²) in [6.07, 6.45) is 2.79. The minimum Gasteiger partial charge on any atom is -0.508 e. The highest BCUT2D eigenvalue weighted by molar-refractivity contribution is 5.85. The van der Waals surface area contributed by atoms with Crippen LogP contribution in [0.1, 0.15) is 23.6 Å². The minimum absolute atomic E-state index is 0.134. The molecule has 1 N–H and O–H groups in total. The van der Waals surface area contributed by atoms with Crippen molar-refractivity contribution in [1.82, 2.24) is 0 Å². The molecule has 0 amide bonds. The van der Waals surface area contributed by atoms with Crippen molar-refractivity contribution >= 4 is 11.0 Å². The van der Waals surface area contributed by atoms with Gasteiger partial charge in [0.25, 0.3) is 0 Å². The molecule has 3 nitrogen and oxygen atoms in total. The van der Waals surface area contributed by atoms with E-state index in [1.165, 1.54) is 0 Å². The fourth-order valence-corrected chi connectivity index (χ4v) is 2.25. The molecule has 0 saturated heterocycles. The van der Waals surface area contributed by atoms with Gasteiger partial charge in [0, 0.05) is 16.5 Å². The van der Waals surface area contributed by atoms with Crippen molar-refractivity contribution in [3.05, 3.63) is 51.9 Å². The third-order valence-corrected chi connectivity index (χ3v) is 3.24. The van der Waals surface area contributed by atoms with Gasteiger partial charge in [-0.25, -0.2) is 4.79 Å². The van der Waals surface area contributed by atoms with Gasteiger partial charge in [0.05, 0.1) is 0 Å². The molecule has 0 fully saturated rings. The van der Waals surface area contributed by atoms with Gasteiger partial charge in [-0.1, -0.05) is 13.0 Å². The minimum atomic E-state index is -0.321. The molecule has 0 aliphatic carbocycles. The summed E-state index contributed by atoms with van der Waals surface area (Å²) >= 11 is 0. The van der Waals surface area contributed by atoms with Crippen molar-refractivity contribution in [3.8, 4) is 5.75 Å². The molecule has 0 aliphatic heterocycles. The fraction of sp³-hybridized carbons (Fsp3) is 0.267. The third-order valence-electron chi connectivity index (χ3n) is 3.24. The highest BCUT2D eigenvalue weighted by Gasteiger charge is 2.14. The van der Waals surface area contributed by atoms with Gasteiger partial charge in [-0.05, 0) is 37.5 Å². The second-order valence-corrected chi connectivity index (χ2v) is 4.28. The second kappa shape index (κ2) is 4.69. The van der Waals surface area contributed by atoms with Crippen LogP contribution < -0.4 is 5.63 Å². The highest BCUT2D eigenvalue weighted by atomic mass is 16.4. The largest absolute Gasteiger partial charge is 0.508 e. The predicted molar refractivity (Wildman–Crippen MR) is 72.2 cm³/mol. The normalized spacial score (nSPS) is 10.8. The van der Waals surface area contributed by atoms with Crippen molar-refractivity contribution in [3.63, 3.8) is 0 Å². The van der Waals surface area contributed by atoms with E-state index in [1.807, 2.05) is 13.8 Å². The molecule has 94 valence electrons. The average Bonchev–Trinajstić information content (AvgIpc) is 2.33. The van der Waals surface area contributed by atoms with Gasteiger partial charge < -0.3 is 9.52 Å². The van der Waals surface area contributed by atoms with E-state index < -0.39 is 0 Å². The Kier molecular flexibility index (Phi) is 3.24. The van der Waals surface area contributed by atoms with Gasteiger partial charge >= 0.3 is 5.63 Å². The van der Waals surface area contributed by atoms with Crippen LogP contribution in [-0.2, 0) is 12.8 Å². The summed E-state index contributed by atoms with van der Waals surface area (Å²) in [7, 11) is 0. The van der Waals surface area contributed by atoms with Crippen molar-refractivity contribution in [1.29, 1.82) is 0 Å². The first-order chi connectivity index (χ1) is 8.60. The zero-order valence-electron chi connectivity index (χ0n) is 10.6. The number of aryl methyl sites for hydroxylation is 1. The molecule has 0 spiro atoms.